The van der Waals surface area contributed by atoms with E-state index in [9.17, 15) is 5.11 Å². The Balaban J connectivity index is 2.22. The van der Waals surface area contributed by atoms with Crippen LogP contribution in [0.5, 0.6) is 0 Å². The average Bonchev–Trinajstić information content (AvgIpc) is 2.71. The normalized spacial score (nSPS) is 25.9. The second-order valence-electron chi connectivity index (χ2n) is 9.22. The monoisotopic (exact) mass is 360 g/mol. The Morgan fingerprint density at radius 3 is 2.21 bits per heavy atom. The summed E-state index contributed by atoms with van der Waals surface area (Å²) in [6, 6.07) is 0. The molecule has 0 amide bonds. The van der Waals surface area contributed by atoms with Gasteiger partial charge in [0.15, 0.2) is 14.1 Å². The van der Waals surface area contributed by atoms with Crippen LogP contribution in [0.1, 0.15) is 73.6 Å². The second kappa shape index (κ2) is 8.63. The van der Waals surface area contributed by atoms with Crippen molar-refractivity contribution in [3.05, 3.63) is 0 Å². The van der Waals surface area contributed by atoms with E-state index >= 15 is 0 Å². The van der Waals surface area contributed by atoms with E-state index in [1.807, 2.05) is 13.8 Å². The molecule has 1 fully saturated rings. The molecule has 0 bridgehead atoms. The van der Waals surface area contributed by atoms with E-state index in [1.54, 1.807) is 0 Å². The lowest BCUT2D eigenvalue weighted by atomic mass is 10.0. The SMILES string of the molecule is C[C@@H](CCCCC[C@H]1OC(C)(C)O[C@H]1CO)O[Si](C)(C)C(C)(C)C. The van der Waals surface area contributed by atoms with Crippen molar-refractivity contribution >= 4 is 8.32 Å². The lowest BCUT2D eigenvalue weighted by Crippen LogP contribution is -2.43. The average molecular weight is 361 g/mol. The maximum atomic E-state index is 9.40. The second-order valence-corrected chi connectivity index (χ2v) is 14.0. The first-order valence-corrected chi connectivity index (χ1v) is 12.4. The van der Waals surface area contributed by atoms with Crippen molar-refractivity contribution in [2.24, 2.45) is 0 Å². The number of hydrogen-bond acceptors (Lipinski definition) is 4. The van der Waals surface area contributed by atoms with Gasteiger partial charge in [0.25, 0.3) is 0 Å². The summed E-state index contributed by atoms with van der Waals surface area (Å²) in [5, 5.41) is 9.67. The minimum Gasteiger partial charge on any atom is -0.414 e. The van der Waals surface area contributed by atoms with Crippen molar-refractivity contribution < 1.29 is 19.0 Å². The minimum atomic E-state index is -1.65. The van der Waals surface area contributed by atoms with Crippen LogP contribution in [0, 0.1) is 0 Å². The molecule has 0 aromatic heterocycles. The van der Waals surface area contributed by atoms with Crippen LogP contribution in [0.4, 0.5) is 0 Å². The van der Waals surface area contributed by atoms with Gasteiger partial charge in [-0.2, -0.15) is 0 Å². The Morgan fingerprint density at radius 2 is 1.67 bits per heavy atom. The standard InChI is InChI=1S/C19H40O4Si/c1-15(23-24(7,8)18(2,3)4)12-10-9-11-13-16-17(14-20)22-19(5,6)21-16/h15-17,20H,9-14H2,1-8H3/t15-,16+,17-/m0/s1. The van der Waals surface area contributed by atoms with Crippen LogP contribution in [0.25, 0.3) is 0 Å². The van der Waals surface area contributed by atoms with Gasteiger partial charge in [0.2, 0.25) is 0 Å². The highest BCUT2D eigenvalue weighted by atomic mass is 28.4. The fourth-order valence-corrected chi connectivity index (χ4v) is 4.48. The first-order valence-electron chi connectivity index (χ1n) is 9.52. The van der Waals surface area contributed by atoms with Crippen molar-refractivity contribution in [2.45, 2.75) is 116 Å². The third-order valence-electron chi connectivity index (χ3n) is 5.37. The minimum absolute atomic E-state index is 0.0194. The lowest BCUT2D eigenvalue weighted by Gasteiger charge is -2.38. The molecule has 24 heavy (non-hydrogen) atoms. The summed E-state index contributed by atoms with van der Waals surface area (Å²) in [6.45, 7) is 17.6. The van der Waals surface area contributed by atoms with Crippen molar-refractivity contribution in [3.63, 3.8) is 0 Å². The molecule has 1 heterocycles. The Bertz CT molecular complexity index is 376. The third kappa shape index (κ3) is 6.75. The molecule has 1 aliphatic rings. The summed E-state index contributed by atoms with van der Waals surface area (Å²) < 4.78 is 18.0. The summed E-state index contributed by atoms with van der Waals surface area (Å²) in [4.78, 5) is 0. The zero-order valence-corrected chi connectivity index (χ0v) is 18.1. The molecule has 1 N–H and O–H groups in total. The zero-order valence-electron chi connectivity index (χ0n) is 17.1. The predicted octanol–water partition coefficient (Wildman–Crippen LogP) is 4.86. The van der Waals surface area contributed by atoms with E-state index < -0.39 is 14.1 Å². The Hall–Kier alpha value is 0.0569. The third-order valence-corrected chi connectivity index (χ3v) is 9.97. The maximum Gasteiger partial charge on any atom is 0.192 e. The summed E-state index contributed by atoms with van der Waals surface area (Å²) in [7, 11) is -1.65. The van der Waals surface area contributed by atoms with Gasteiger partial charge in [0.1, 0.15) is 6.10 Å². The topological polar surface area (TPSA) is 47.9 Å². The van der Waals surface area contributed by atoms with Gasteiger partial charge in [-0.25, -0.2) is 0 Å². The molecule has 4 nitrogen and oxygen atoms in total. The fraction of sp³-hybridized carbons (Fsp3) is 1.00. The van der Waals surface area contributed by atoms with Gasteiger partial charge in [-0.1, -0.05) is 40.0 Å². The largest absolute Gasteiger partial charge is 0.414 e. The first-order chi connectivity index (χ1) is 10.9. The van der Waals surface area contributed by atoms with Crippen LogP contribution < -0.4 is 0 Å². The van der Waals surface area contributed by atoms with E-state index in [0.717, 1.165) is 19.3 Å². The van der Waals surface area contributed by atoms with Gasteiger partial charge < -0.3 is 19.0 Å². The molecule has 3 atom stereocenters. The summed E-state index contributed by atoms with van der Waals surface area (Å²) in [5.74, 6) is -0.566. The highest BCUT2D eigenvalue weighted by Crippen LogP contribution is 2.37. The van der Waals surface area contributed by atoms with Gasteiger partial charge >= 0.3 is 0 Å². The number of rotatable bonds is 9. The van der Waals surface area contributed by atoms with E-state index in [1.165, 1.54) is 12.8 Å². The van der Waals surface area contributed by atoms with Crippen molar-refractivity contribution in [1.82, 2.24) is 0 Å². The number of aliphatic hydroxyl groups excluding tert-OH is 1. The molecule has 0 aromatic carbocycles. The van der Waals surface area contributed by atoms with Gasteiger partial charge in [-0.05, 0) is 51.7 Å². The van der Waals surface area contributed by atoms with Crippen LogP contribution in [-0.2, 0) is 13.9 Å². The lowest BCUT2D eigenvalue weighted by molar-refractivity contribution is -0.149. The van der Waals surface area contributed by atoms with Gasteiger partial charge in [-0.3, -0.25) is 0 Å². The maximum absolute atomic E-state index is 9.40. The van der Waals surface area contributed by atoms with E-state index in [-0.39, 0.29) is 23.9 Å². The van der Waals surface area contributed by atoms with Crippen LogP contribution >= 0.6 is 0 Å². The van der Waals surface area contributed by atoms with Crippen molar-refractivity contribution in [1.29, 1.82) is 0 Å². The van der Waals surface area contributed by atoms with Gasteiger partial charge in [0.05, 0.1) is 12.7 Å². The quantitative estimate of drug-likeness (QED) is 0.471. The summed E-state index contributed by atoms with van der Waals surface area (Å²) >= 11 is 0. The number of aliphatic hydroxyl groups is 1. The van der Waals surface area contributed by atoms with Crippen LogP contribution in [-0.4, -0.2) is 44.1 Å². The fourth-order valence-electron chi connectivity index (χ4n) is 3.00. The molecule has 0 aliphatic carbocycles. The molecule has 0 spiro atoms. The Morgan fingerprint density at radius 1 is 1.08 bits per heavy atom. The molecule has 5 heteroatoms. The molecule has 144 valence electrons. The molecule has 1 rings (SSSR count). The van der Waals surface area contributed by atoms with Gasteiger partial charge in [0, 0.05) is 6.10 Å². The van der Waals surface area contributed by atoms with Crippen molar-refractivity contribution in [3.8, 4) is 0 Å². The number of unbranched alkanes of at least 4 members (excludes halogenated alkanes) is 2. The van der Waals surface area contributed by atoms with Gasteiger partial charge in [-0.15, -0.1) is 0 Å². The molecule has 0 radical (unpaired) electrons. The summed E-state index contributed by atoms with van der Waals surface area (Å²) in [5.41, 5.74) is 0. The molecule has 0 unspecified atom stereocenters. The molecule has 0 aromatic rings. The molecular formula is C19H40O4Si. The predicted molar refractivity (Wildman–Crippen MR) is 102 cm³/mol. The first kappa shape index (κ1) is 22.1. The van der Waals surface area contributed by atoms with E-state index in [4.69, 9.17) is 13.9 Å². The highest BCUT2D eigenvalue weighted by Gasteiger charge is 2.40. The smallest absolute Gasteiger partial charge is 0.192 e. The summed E-state index contributed by atoms with van der Waals surface area (Å²) in [6.07, 6.45) is 5.69. The van der Waals surface area contributed by atoms with Crippen LogP contribution in [0.15, 0.2) is 0 Å². The molecule has 1 saturated heterocycles. The van der Waals surface area contributed by atoms with Crippen LogP contribution in [0.3, 0.4) is 0 Å². The molecule has 1 aliphatic heterocycles. The number of ether oxygens (including phenoxy) is 2. The molecule has 0 saturated carbocycles. The Labute approximate surface area is 150 Å². The number of hydrogen-bond donors (Lipinski definition) is 1. The van der Waals surface area contributed by atoms with E-state index in [2.05, 4.69) is 40.8 Å². The van der Waals surface area contributed by atoms with E-state index in [0.29, 0.717) is 6.10 Å². The highest BCUT2D eigenvalue weighted by molar-refractivity contribution is 6.74. The Kier molecular flexibility index (Phi) is 7.94. The zero-order chi connectivity index (χ0) is 18.6. The molecular weight excluding hydrogens is 320 g/mol. The van der Waals surface area contributed by atoms with Crippen molar-refractivity contribution in [2.75, 3.05) is 6.61 Å². The van der Waals surface area contributed by atoms with Crippen LogP contribution in [0.2, 0.25) is 18.1 Å².